The molecule has 0 unspecified atom stereocenters. The summed E-state index contributed by atoms with van der Waals surface area (Å²) in [4.78, 5) is 18.5. The van der Waals surface area contributed by atoms with Crippen molar-refractivity contribution in [3.8, 4) is 5.75 Å². The van der Waals surface area contributed by atoms with Crippen LogP contribution >= 0.6 is 0 Å². The van der Waals surface area contributed by atoms with Gasteiger partial charge in [-0.2, -0.15) is 0 Å². The van der Waals surface area contributed by atoms with Crippen molar-refractivity contribution < 1.29 is 14.3 Å². The molecule has 0 saturated carbocycles. The van der Waals surface area contributed by atoms with Gasteiger partial charge in [-0.15, -0.1) is 0 Å². The summed E-state index contributed by atoms with van der Waals surface area (Å²) in [6, 6.07) is 9.22. The largest absolute Gasteiger partial charge is 0.494 e. The van der Waals surface area contributed by atoms with E-state index in [-0.39, 0.29) is 18.1 Å². The molecule has 160 valence electrons. The van der Waals surface area contributed by atoms with Crippen molar-refractivity contribution in [3.63, 3.8) is 0 Å². The second-order valence-electron chi connectivity index (χ2n) is 8.93. The van der Waals surface area contributed by atoms with Crippen LogP contribution in [0.5, 0.6) is 5.75 Å². The summed E-state index contributed by atoms with van der Waals surface area (Å²) in [5, 5.41) is 0. The molecule has 1 spiro atoms. The fraction of sp³-hybridized carbons (Fsp3) is 0.696. The predicted octanol–water partition coefficient (Wildman–Crippen LogP) is 2.77. The molecule has 4 rings (SSSR count). The lowest BCUT2D eigenvalue weighted by Crippen LogP contribution is -2.57. The van der Waals surface area contributed by atoms with E-state index < -0.39 is 0 Å². The van der Waals surface area contributed by atoms with Gasteiger partial charge in [0.25, 0.3) is 0 Å². The third-order valence-electron chi connectivity index (χ3n) is 6.88. The van der Waals surface area contributed by atoms with Crippen LogP contribution in [0.2, 0.25) is 0 Å². The molecule has 0 radical (unpaired) electrons. The van der Waals surface area contributed by atoms with E-state index in [2.05, 4.69) is 41.0 Å². The van der Waals surface area contributed by atoms with Crippen LogP contribution in [0.3, 0.4) is 0 Å². The molecule has 1 atom stereocenters. The van der Waals surface area contributed by atoms with E-state index in [4.69, 9.17) is 9.47 Å². The topological polar surface area (TPSA) is 45.2 Å². The fourth-order valence-corrected chi connectivity index (χ4v) is 4.90. The van der Waals surface area contributed by atoms with Gasteiger partial charge < -0.3 is 24.2 Å². The number of piperidine rings is 1. The van der Waals surface area contributed by atoms with Crippen LogP contribution in [0.25, 0.3) is 0 Å². The van der Waals surface area contributed by atoms with E-state index in [0.717, 1.165) is 57.3 Å². The lowest BCUT2D eigenvalue weighted by molar-refractivity contribution is -0.164. The second kappa shape index (κ2) is 8.92. The number of likely N-dealkylation sites (N-methyl/N-ethyl adjacent to an activating group) is 1. The standard InChI is InChI=1S/C23H35N3O3/c1-19-5-3-12-25(19)13-4-16-28-21-8-6-20(7-9-21)26-14-10-23(11-15-26)18-24(2)22(27)17-29-23/h6-9,19H,3-5,10-18H2,1-2H3/t19-/m1/s1. The average Bonchev–Trinajstić information content (AvgIpc) is 3.14. The highest BCUT2D eigenvalue weighted by Crippen LogP contribution is 2.32. The SMILES string of the molecule is C[C@@H]1CCCN1CCCOc1ccc(N2CCC3(CC2)CN(C)C(=O)CO3)cc1. The Labute approximate surface area is 174 Å². The van der Waals surface area contributed by atoms with Crippen molar-refractivity contribution >= 4 is 11.6 Å². The summed E-state index contributed by atoms with van der Waals surface area (Å²) in [7, 11) is 1.88. The quantitative estimate of drug-likeness (QED) is 0.686. The van der Waals surface area contributed by atoms with Gasteiger partial charge in [0.15, 0.2) is 0 Å². The van der Waals surface area contributed by atoms with E-state index in [9.17, 15) is 4.79 Å². The van der Waals surface area contributed by atoms with E-state index in [1.807, 2.05) is 11.9 Å². The molecule has 1 aromatic rings. The number of nitrogens with zero attached hydrogens (tertiary/aromatic N) is 3. The van der Waals surface area contributed by atoms with Gasteiger partial charge in [-0.05, 0) is 69.8 Å². The maximum absolute atomic E-state index is 11.7. The van der Waals surface area contributed by atoms with E-state index in [1.54, 1.807) is 0 Å². The van der Waals surface area contributed by atoms with Gasteiger partial charge in [0.2, 0.25) is 5.91 Å². The van der Waals surface area contributed by atoms with Crippen LogP contribution in [-0.4, -0.2) is 80.3 Å². The zero-order chi connectivity index (χ0) is 20.3. The Morgan fingerprint density at radius 1 is 1.17 bits per heavy atom. The number of rotatable bonds is 6. The molecule has 0 bridgehead atoms. The Kier molecular flexibility index (Phi) is 6.30. The van der Waals surface area contributed by atoms with Gasteiger partial charge in [-0.3, -0.25) is 4.79 Å². The van der Waals surface area contributed by atoms with Gasteiger partial charge in [-0.25, -0.2) is 0 Å². The number of morpholine rings is 1. The Balaban J connectivity index is 1.21. The number of carbonyl (C=O) groups excluding carboxylic acids is 1. The molecule has 3 heterocycles. The number of hydrogen-bond donors (Lipinski definition) is 0. The third-order valence-corrected chi connectivity index (χ3v) is 6.88. The fourth-order valence-electron chi connectivity index (χ4n) is 4.90. The van der Waals surface area contributed by atoms with Gasteiger partial charge in [0.05, 0.1) is 12.2 Å². The number of benzene rings is 1. The molecule has 0 aromatic heterocycles. The van der Waals surface area contributed by atoms with Crippen molar-refractivity contribution in [2.45, 2.75) is 50.7 Å². The lowest BCUT2D eigenvalue weighted by Gasteiger charge is -2.46. The van der Waals surface area contributed by atoms with Gasteiger partial charge in [-0.1, -0.05) is 0 Å². The highest BCUT2D eigenvalue weighted by molar-refractivity contribution is 5.78. The summed E-state index contributed by atoms with van der Waals surface area (Å²) < 4.78 is 11.9. The lowest BCUT2D eigenvalue weighted by atomic mass is 9.89. The number of hydrogen-bond acceptors (Lipinski definition) is 5. The van der Waals surface area contributed by atoms with Crippen LogP contribution in [0.1, 0.15) is 39.0 Å². The van der Waals surface area contributed by atoms with Crippen molar-refractivity contribution in [3.05, 3.63) is 24.3 Å². The summed E-state index contributed by atoms with van der Waals surface area (Å²) in [6.07, 6.45) is 5.66. The first-order chi connectivity index (χ1) is 14.0. The van der Waals surface area contributed by atoms with E-state index in [0.29, 0.717) is 6.54 Å². The highest BCUT2D eigenvalue weighted by atomic mass is 16.5. The molecule has 29 heavy (non-hydrogen) atoms. The molecule has 6 heteroatoms. The second-order valence-corrected chi connectivity index (χ2v) is 8.93. The summed E-state index contributed by atoms with van der Waals surface area (Å²) in [5.74, 6) is 1.04. The number of anilines is 1. The average molecular weight is 402 g/mol. The zero-order valence-corrected chi connectivity index (χ0v) is 17.9. The van der Waals surface area contributed by atoms with Crippen LogP contribution < -0.4 is 9.64 Å². The number of carbonyl (C=O) groups is 1. The summed E-state index contributed by atoms with van der Waals surface area (Å²) >= 11 is 0. The van der Waals surface area contributed by atoms with E-state index >= 15 is 0 Å². The van der Waals surface area contributed by atoms with Gasteiger partial charge in [0.1, 0.15) is 12.4 Å². The number of ether oxygens (including phenoxy) is 2. The highest BCUT2D eigenvalue weighted by Gasteiger charge is 2.41. The molecule has 1 aromatic carbocycles. The molecule has 3 fully saturated rings. The number of amides is 1. The first-order valence-corrected chi connectivity index (χ1v) is 11.1. The predicted molar refractivity (Wildman–Crippen MR) is 115 cm³/mol. The molecular formula is C23H35N3O3. The molecule has 0 N–H and O–H groups in total. The molecule has 1 amide bonds. The third kappa shape index (κ3) is 4.86. The van der Waals surface area contributed by atoms with Gasteiger partial charge >= 0.3 is 0 Å². The van der Waals surface area contributed by atoms with Crippen LogP contribution in [0.4, 0.5) is 5.69 Å². The maximum atomic E-state index is 11.7. The van der Waals surface area contributed by atoms with Crippen molar-refractivity contribution in [2.75, 3.05) is 57.9 Å². The van der Waals surface area contributed by atoms with Crippen molar-refractivity contribution in [2.24, 2.45) is 0 Å². The minimum absolute atomic E-state index is 0.0867. The maximum Gasteiger partial charge on any atom is 0.248 e. The Morgan fingerprint density at radius 2 is 1.93 bits per heavy atom. The Bertz CT molecular complexity index is 685. The first kappa shape index (κ1) is 20.5. The Morgan fingerprint density at radius 3 is 2.59 bits per heavy atom. The molecular weight excluding hydrogens is 366 g/mol. The molecule has 6 nitrogen and oxygen atoms in total. The minimum atomic E-state index is -0.158. The first-order valence-electron chi connectivity index (χ1n) is 11.1. The summed E-state index contributed by atoms with van der Waals surface area (Å²) in [5.41, 5.74) is 1.08. The smallest absolute Gasteiger partial charge is 0.248 e. The molecule has 3 saturated heterocycles. The molecule has 3 aliphatic heterocycles. The monoisotopic (exact) mass is 401 g/mol. The van der Waals surface area contributed by atoms with Crippen molar-refractivity contribution in [1.82, 2.24) is 9.80 Å². The zero-order valence-electron chi connectivity index (χ0n) is 17.9. The summed E-state index contributed by atoms with van der Waals surface area (Å²) in [6.45, 7) is 8.32. The van der Waals surface area contributed by atoms with Crippen LogP contribution in [-0.2, 0) is 9.53 Å². The molecule has 3 aliphatic rings. The number of likely N-dealkylation sites (tertiary alicyclic amines) is 1. The van der Waals surface area contributed by atoms with E-state index in [1.165, 1.54) is 25.1 Å². The minimum Gasteiger partial charge on any atom is -0.494 e. The van der Waals surface area contributed by atoms with Crippen LogP contribution in [0, 0.1) is 0 Å². The van der Waals surface area contributed by atoms with Crippen LogP contribution in [0.15, 0.2) is 24.3 Å². The van der Waals surface area contributed by atoms with Gasteiger partial charge in [0, 0.05) is 45.0 Å². The normalized spacial score (nSPS) is 25.0. The Hall–Kier alpha value is -1.79. The molecule has 0 aliphatic carbocycles. The van der Waals surface area contributed by atoms with Crippen molar-refractivity contribution in [1.29, 1.82) is 0 Å².